The van der Waals surface area contributed by atoms with Crippen LogP contribution >= 0.6 is 58.2 Å². The van der Waals surface area contributed by atoms with Crippen molar-refractivity contribution < 1.29 is 4.74 Å². The van der Waals surface area contributed by atoms with Gasteiger partial charge in [-0.3, -0.25) is 0 Å². The fourth-order valence-electron chi connectivity index (χ4n) is 2.22. The van der Waals surface area contributed by atoms with Crippen LogP contribution in [-0.4, -0.2) is 26.3 Å². The molecule has 10 heteroatoms. The molecular weight excluding hydrogens is 450 g/mol. The molecule has 0 atom stereocenters. The zero-order chi connectivity index (χ0) is 19.6. The van der Waals surface area contributed by atoms with Crippen molar-refractivity contribution in [1.82, 2.24) is 20.2 Å². The van der Waals surface area contributed by atoms with Gasteiger partial charge in [0.05, 0.1) is 31.9 Å². The van der Waals surface area contributed by atoms with Crippen molar-refractivity contribution in [2.24, 2.45) is 0 Å². The zero-order valence-corrected chi connectivity index (χ0v) is 18.1. The molecule has 3 aromatic rings. The molecule has 0 aliphatic carbocycles. The van der Waals surface area contributed by atoms with E-state index in [4.69, 9.17) is 51.1 Å². The normalized spacial score (nSPS) is 11.2. The number of aromatic nitrogens is 4. The van der Waals surface area contributed by atoms with Gasteiger partial charge in [0, 0.05) is 11.8 Å². The molecule has 0 fully saturated rings. The third-order valence-electron chi connectivity index (χ3n) is 3.39. The van der Waals surface area contributed by atoms with Gasteiger partial charge < -0.3 is 4.74 Å². The first-order chi connectivity index (χ1) is 12.8. The monoisotopic (exact) mass is 462 g/mol. The highest BCUT2D eigenvalue weighted by Crippen LogP contribution is 2.35. The Morgan fingerprint density at radius 2 is 1.78 bits per heavy atom. The summed E-state index contributed by atoms with van der Waals surface area (Å²) in [6.07, 6.45) is -0.0334. The summed E-state index contributed by atoms with van der Waals surface area (Å²) in [7, 11) is 0. The molecule has 0 saturated carbocycles. The molecule has 0 amide bonds. The molecule has 0 unspecified atom stereocenters. The summed E-state index contributed by atoms with van der Waals surface area (Å²) >= 11 is 26.0. The lowest BCUT2D eigenvalue weighted by molar-refractivity contribution is 0.242. The van der Waals surface area contributed by atoms with Crippen LogP contribution in [0, 0.1) is 0 Å². The van der Waals surface area contributed by atoms with E-state index < -0.39 is 0 Å². The van der Waals surface area contributed by atoms with Crippen LogP contribution in [0.3, 0.4) is 0 Å². The molecule has 142 valence electrons. The highest BCUT2D eigenvalue weighted by molar-refractivity contribution is 7.98. The van der Waals surface area contributed by atoms with E-state index in [-0.39, 0.29) is 6.10 Å². The number of ether oxygens (including phenoxy) is 1. The predicted molar refractivity (Wildman–Crippen MR) is 111 cm³/mol. The number of hydrogen-bond donors (Lipinski definition) is 0. The Balaban J connectivity index is 1.87. The second kappa shape index (κ2) is 8.88. The number of thioether (sulfide) groups is 1. The Labute approximate surface area is 180 Å². The summed E-state index contributed by atoms with van der Waals surface area (Å²) in [4.78, 5) is 0. The van der Waals surface area contributed by atoms with E-state index in [1.54, 1.807) is 22.9 Å². The van der Waals surface area contributed by atoms with Crippen LogP contribution in [0.25, 0.3) is 5.69 Å². The van der Waals surface area contributed by atoms with Crippen molar-refractivity contribution in [3.8, 4) is 11.4 Å². The Morgan fingerprint density at radius 3 is 2.48 bits per heavy atom. The molecule has 5 nitrogen and oxygen atoms in total. The van der Waals surface area contributed by atoms with Crippen LogP contribution in [-0.2, 0) is 5.75 Å². The second-order valence-electron chi connectivity index (χ2n) is 5.81. The highest BCUT2D eigenvalue weighted by atomic mass is 35.5. The standard InChI is InChI=1S/C17H14Cl4N4OS/c1-9(2)26-16-7-15(13(20)6-14(16)21)25-17(22-23-24-25)27-8-10-3-4-11(18)12(19)5-10/h3-7,9H,8H2,1-2H3. The number of hydrogen-bond acceptors (Lipinski definition) is 5. The molecular formula is C17H14Cl4N4OS. The summed E-state index contributed by atoms with van der Waals surface area (Å²) in [5.74, 6) is 1.12. The van der Waals surface area contributed by atoms with Crippen LogP contribution in [0.5, 0.6) is 5.75 Å². The minimum absolute atomic E-state index is 0.0334. The summed E-state index contributed by atoms with van der Waals surface area (Å²) in [5, 5.41) is 14.3. The zero-order valence-electron chi connectivity index (χ0n) is 14.3. The maximum absolute atomic E-state index is 6.36. The van der Waals surface area contributed by atoms with Gasteiger partial charge in [0.25, 0.3) is 0 Å². The van der Waals surface area contributed by atoms with Crippen LogP contribution in [0.2, 0.25) is 20.1 Å². The Bertz CT molecular complexity index is 964. The van der Waals surface area contributed by atoms with Gasteiger partial charge >= 0.3 is 0 Å². The summed E-state index contributed by atoms with van der Waals surface area (Å²) in [5.41, 5.74) is 1.58. The molecule has 0 spiro atoms. The van der Waals surface area contributed by atoms with E-state index in [2.05, 4.69) is 15.5 Å². The van der Waals surface area contributed by atoms with Crippen molar-refractivity contribution in [3.63, 3.8) is 0 Å². The van der Waals surface area contributed by atoms with Crippen LogP contribution in [0.1, 0.15) is 19.4 Å². The maximum atomic E-state index is 6.36. The molecule has 1 aromatic heterocycles. The van der Waals surface area contributed by atoms with Crippen LogP contribution in [0.4, 0.5) is 0 Å². The maximum Gasteiger partial charge on any atom is 0.214 e. The van der Waals surface area contributed by atoms with Gasteiger partial charge in [0.2, 0.25) is 5.16 Å². The SMILES string of the molecule is CC(C)Oc1cc(-n2nnnc2SCc2ccc(Cl)c(Cl)c2)c(Cl)cc1Cl. The molecule has 2 aromatic carbocycles. The number of rotatable bonds is 6. The molecule has 0 saturated heterocycles. The molecule has 3 rings (SSSR count). The van der Waals surface area contributed by atoms with Gasteiger partial charge in [-0.05, 0) is 48.0 Å². The molecule has 0 aliphatic heterocycles. The Morgan fingerprint density at radius 1 is 1.00 bits per heavy atom. The second-order valence-corrected chi connectivity index (χ2v) is 8.38. The lowest BCUT2D eigenvalue weighted by Gasteiger charge is -2.14. The van der Waals surface area contributed by atoms with Crippen molar-refractivity contribution in [2.75, 3.05) is 0 Å². The van der Waals surface area contributed by atoms with Crippen molar-refractivity contribution >= 4 is 58.2 Å². The van der Waals surface area contributed by atoms with Gasteiger partial charge in [0.1, 0.15) is 5.75 Å². The third kappa shape index (κ3) is 5.00. The smallest absolute Gasteiger partial charge is 0.214 e. The number of nitrogens with zero attached hydrogens (tertiary/aromatic N) is 4. The van der Waals surface area contributed by atoms with Gasteiger partial charge in [-0.1, -0.05) is 64.2 Å². The molecule has 27 heavy (non-hydrogen) atoms. The quantitative estimate of drug-likeness (QED) is 0.398. The Hall–Kier alpha value is -1.18. The number of tetrazole rings is 1. The first-order valence-electron chi connectivity index (χ1n) is 7.86. The van der Waals surface area contributed by atoms with Crippen molar-refractivity contribution in [3.05, 3.63) is 56.0 Å². The van der Waals surface area contributed by atoms with Gasteiger partial charge in [-0.25, -0.2) is 0 Å². The minimum atomic E-state index is -0.0334. The lowest BCUT2D eigenvalue weighted by atomic mass is 10.2. The van der Waals surface area contributed by atoms with Gasteiger partial charge in [-0.15, -0.1) is 5.10 Å². The van der Waals surface area contributed by atoms with E-state index in [1.165, 1.54) is 11.8 Å². The average molecular weight is 464 g/mol. The topological polar surface area (TPSA) is 52.8 Å². The number of halogens is 4. The van der Waals surface area contributed by atoms with E-state index in [1.807, 2.05) is 26.0 Å². The molecule has 0 radical (unpaired) electrons. The first kappa shape index (κ1) is 20.6. The fourth-order valence-corrected chi connectivity index (χ4v) is 3.88. The van der Waals surface area contributed by atoms with Gasteiger partial charge in [-0.2, -0.15) is 4.68 Å². The predicted octanol–water partition coefficient (Wildman–Crippen LogP) is 6.36. The summed E-state index contributed by atoms with van der Waals surface area (Å²) < 4.78 is 7.28. The molecule has 0 bridgehead atoms. The molecule has 0 aliphatic rings. The van der Waals surface area contributed by atoms with E-state index in [0.29, 0.717) is 42.4 Å². The van der Waals surface area contributed by atoms with E-state index >= 15 is 0 Å². The van der Waals surface area contributed by atoms with Crippen molar-refractivity contribution in [2.45, 2.75) is 30.9 Å². The minimum Gasteiger partial charge on any atom is -0.489 e. The third-order valence-corrected chi connectivity index (χ3v) is 5.71. The van der Waals surface area contributed by atoms with Crippen molar-refractivity contribution in [1.29, 1.82) is 0 Å². The van der Waals surface area contributed by atoms with E-state index in [9.17, 15) is 0 Å². The lowest BCUT2D eigenvalue weighted by Crippen LogP contribution is -2.07. The molecule has 0 N–H and O–H groups in total. The largest absolute Gasteiger partial charge is 0.489 e. The van der Waals surface area contributed by atoms with Crippen LogP contribution < -0.4 is 4.74 Å². The first-order valence-corrected chi connectivity index (χ1v) is 10.4. The fraction of sp³-hybridized carbons (Fsp3) is 0.235. The summed E-state index contributed by atoms with van der Waals surface area (Å²) in [6, 6.07) is 8.82. The Kier molecular flexibility index (Phi) is 6.76. The summed E-state index contributed by atoms with van der Waals surface area (Å²) in [6.45, 7) is 3.83. The van der Waals surface area contributed by atoms with Gasteiger partial charge in [0.15, 0.2) is 0 Å². The van der Waals surface area contributed by atoms with Crippen LogP contribution in [0.15, 0.2) is 35.5 Å². The van der Waals surface area contributed by atoms with E-state index in [0.717, 1.165) is 5.56 Å². The highest BCUT2D eigenvalue weighted by Gasteiger charge is 2.16. The molecule has 1 heterocycles. The average Bonchev–Trinajstić information content (AvgIpc) is 3.06. The number of benzene rings is 2.